The van der Waals surface area contributed by atoms with Gasteiger partial charge in [0.1, 0.15) is 0 Å². The molecule has 0 radical (unpaired) electrons. The number of anilines is 1. The number of carbonyl (C=O) groups excluding carboxylic acids is 2. The number of amides is 1. The molecule has 0 bridgehead atoms. The number of rotatable bonds is 5. The molecule has 1 aromatic carbocycles. The summed E-state index contributed by atoms with van der Waals surface area (Å²) in [5, 5.41) is 7.10. The zero-order chi connectivity index (χ0) is 16.1. The van der Waals surface area contributed by atoms with Gasteiger partial charge < -0.3 is 10.1 Å². The first-order valence-corrected chi connectivity index (χ1v) is 7.77. The third-order valence-corrected chi connectivity index (χ3v) is 3.91. The van der Waals surface area contributed by atoms with Gasteiger partial charge in [-0.25, -0.2) is 4.79 Å². The van der Waals surface area contributed by atoms with Gasteiger partial charge in [0, 0.05) is 5.02 Å². The highest BCUT2D eigenvalue weighted by Gasteiger charge is 2.18. The Morgan fingerprint density at radius 2 is 2.14 bits per heavy atom. The molecule has 22 heavy (non-hydrogen) atoms. The lowest BCUT2D eigenvalue weighted by molar-refractivity contribution is -0.119. The van der Waals surface area contributed by atoms with E-state index in [2.05, 4.69) is 14.9 Å². The number of halogens is 2. The minimum Gasteiger partial charge on any atom is -0.451 e. The smallest absolute Gasteiger partial charge is 0.352 e. The summed E-state index contributed by atoms with van der Waals surface area (Å²) < 4.78 is 8.63. The topological polar surface area (TPSA) is 81.2 Å². The Hall–Kier alpha value is -1.70. The molecule has 0 fully saturated rings. The zero-order valence-corrected chi connectivity index (χ0v) is 13.8. The highest BCUT2D eigenvalue weighted by molar-refractivity contribution is 7.07. The summed E-state index contributed by atoms with van der Waals surface area (Å²) in [7, 11) is 0. The Labute approximate surface area is 140 Å². The highest BCUT2D eigenvalue weighted by Crippen LogP contribution is 2.25. The lowest BCUT2D eigenvalue weighted by atomic mass is 10.3. The number of ether oxygens (including phenoxy) is 1. The van der Waals surface area contributed by atoms with Gasteiger partial charge >= 0.3 is 5.97 Å². The molecule has 2 rings (SSSR count). The van der Waals surface area contributed by atoms with E-state index in [1.54, 1.807) is 12.1 Å². The first-order valence-electron chi connectivity index (χ1n) is 6.24. The lowest BCUT2D eigenvalue weighted by Gasteiger charge is -2.08. The highest BCUT2D eigenvalue weighted by atomic mass is 35.5. The summed E-state index contributed by atoms with van der Waals surface area (Å²) >= 11 is 12.6. The number of hydrogen-bond donors (Lipinski definition) is 1. The fourth-order valence-electron chi connectivity index (χ4n) is 1.57. The van der Waals surface area contributed by atoms with Crippen molar-refractivity contribution in [2.75, 3.05) is 11.9 Å². The molecule has 0 aliphatic rings. The predicted octanol–water partition coefficient (Wildman–Crippen LogP) is 3.20. The van der Waals surface area contributed by atoms with Crippen molar-refractivity contribution in [3.8, 4) is 0 Å². The van der Waals surface area contributed by atoms with Crippen molar-refractivity contribution in [3.63, 3.8) is 0 Å². The van der Waals surface area contributed by atoms with E-state index in [4.69, 9.17) is 27.9 Å². The van der Waals surface area contributed by atoms with Gasteiger partial charge in [0.05, 0.1) is 16.4 Å². The standard InChI is InChI=1S/C13H11Cl2N3O3S/c1-2-9-12(22-18-17-9)13(20)21-6-11(19)16-10-4-3-7(14)5-8(10)15/h3-5H,2,6H2,1H3,(H,16,19). The van der Waals surface area contributed by atoms with Crippen LogP contribution in [0.4, 0.5) is 5.69 Å². The summed E-state index contributed by atoms with van der Waals surface area (Å²) in [5.74, 6) is -1.13. The second-order valence-corrected chi connectivity index (χ2v) is 5.75. The summed E-state index contributed by atoms with van der Waals surface area (Å²) in [6, 6.07) is 4.65. The molecule has 0 saturated heterocycles. The minimum atomic E-state index is -0.621. The van der Waals surface area contributed by atoms with E-state index in [-0.39, 0.29) is 0 Å². The molecule has 0 unspecified atom stereocenters. The van der Waals surface area contributed by atoms with Gasteiger partial charge in [-0.2, -0.15) is 0 Å². The predicted molar refractivity (Wildman–Crippen MR) is 84.7 cm³/mol. The van der Waals surface area contributed by atoms with Gasteiger partial charge in [-0.1, -0.05) is 34.6 Å². The molecule has 1 aromatic heterocycles. The number of nitrogens with zero attached hydrogens (tertiary/aromatic N) is 2. The van der Waals surface area contributed by atoms with Crippen LogP contribution >= 0.6 is 34.7 Å². The van der Waals surface area contributed by atoms with Crippen molar-refractivity contribution in [3.05, 3.63) is 38.8 Å². The molecule has 9 heteroatoms. The Morgan fingerprint density at radius 1 is 1.36 bits per heavy atom. The van der Waals surface area contributed by atoms with E-state index in [9.17, 15) is 9.59 Å². The van der Waals surface area contributed by atoms with Crippen LogP contribution in [0.2, 0.25) is 10.0 Å². The van der Waals surface area contributed by atoms with Crippen molar-refractivity contribution < 1.29 is 14.3 Å². The summed E-state index contributed by atoms with van der Waals surface area (Å²) in [6.07, 6.45) is 0.563. The van der Waals surface area contributed by atoms with Gasteiger partial charge in [0.25, 0.3) is 5.91 Å². The molecule has 0 atom stereocenters. The van der Waals surface area contributed by atoms with Crippen molar-refractivity contribution in [2.24, 2.45) is 0 Å². The maximum atomic E-state index is 11.8. The molecule has 2 aromatic rings. The van der Waals surface area contributed by atoms with Crippen LogP contribution in [-0.2, 0) is 16.0 Å². The molecule has 0 aliphatic heterocycles. The zero-order valence-electron chi connectivity index (χ0n) is 11.4. The van der Waals surface area contributed by atoms with Gasteiger partial charge in [0.15, 0.2) is 11.5 Å². The minimum absolute atomic E-state index is 0.298. The quantitative estimate of drug-likeness (QED) is 0.828. The van der Waals surface area contributed by atoms with Crippen LogP contribution in [0.15, 0.2) is 18.2 Å². The number of esters is 1. The molecular formula is C13H11Cl2N3O3S. The van der Waals surface area contributed by atoms with E-state index in [1.165, 1.54) is 6.07 Å². The van der Waals surface area contributed by atoms with Crippen LogP contribution in [-0.4, -0.2) is 28.1 Å². The number of aromatic nitrogens is 2. The molecule has 1 heterocycles. The summed E-state index contributed by atoms with van der Waals surface area (Å²) in [4.78, 5) is 23.9. The molecule has 116 valence electrons. The van der Waals surface area contributed by atoms with E-state index in [0.29, 0.717) is 32.7 Å². The third kappa shape index (κ3) is 4.16. The molecule has 0 aliphatic carbocycles. The lowest BCUT2D eigenvalue weighted by Crippen LogP contribution is -2.21. The molecule has 0 spiro atoms. The van der Waals surface area contributed by atoms with Crippen LogP contribution in [0.1, 0.15) is 22.3 Å². The Kier molecular flexibility index (Phi) is 5.70. The van der Waals surface area contributed by atoms with Crippen LogP contribution in [0.3, 0.4) is 0 Å². The van der Waals surface area contributed by atoms with Crippen LogP contribution in [0.5, 0.6) is 0 Å². The van der Waals surface area contributed by atoms with Gasteiger partial charge in [-0.05, 0) is 36.2 Å². The van der Waals surface area contributed by atoms with E-state index < -0.39 is 18.5 Å². The molecule has 1 N–H and O–H groups in total. The number of nitrogens with one attached hydrogen (secondary N) is 1. The first-order chi connectivity index (χ1) is 10.5. The van der Waals surface area contributed by atoms with Gasteiger partial charge in [-0.3, -0.25) is 4.79 Å². The number of aryl methyl sites for hydroxylation is 1. The summed E-state index contributed by atoms with van der Waals surface area (Å²) in [5.41, 5.74) is 0.942. The van der Waals surface area contributed by atoms with Crippen LogP contribution < -0.4 is 5.32 Å². The maximum absolute atomic E-state index is 11.8. The van der Waals surface area contributed by atoms with Crippen molar-refractivity contribution in [1.29, 1.82) is 0 Å². The van der Waals surface area contributed by atoms with Gasteiger partial charge in [-0.15, -0.1) is 5.10 Å². The summed E-state index contributed by atoms with van der Waals surface area (Å²) in [6.45, 7) is 1.42. The average molecular weight is 360 g/mol. The Balaban J connectivity index is 1.91. The SMILES string of the molecule is CCc1nnsc1C(=O)OCC(=O)Nc1ccc(Cl)cc1Cl. The molecular weight excluding hydrogens is 349 g/mol. The van der Waals surface area contributed by atoms with E-state index >= 15 is 0 Å². The van der Waals surface area contributed by atoms with Crippen molar-refractivity contribution in [2.45, 2.75) is 13.3 Å². The third-order valence-electron chi connectivity index (χ3n) is 2.62. The number of carbonyl (C=O) groups is 2. The van der Waals surface area contributed by atoms with Crippen molar-refractivity contribution >= 4 is 52.3 Å². The number of benzene rings is 1. The Morgan fingerprint density at radius 3 is 2.82 bits per heavy atom. The molecule has 6 nitrogen and oxygen atoms in total. The largest absolute Gasteiger partial charge is 0.451 e. The first kappa shape index (κ1) is 16.7. The number of hydrogen-bond acceptors (Lipinski definition) is 6. The van der Waals surface area contributed by atoms with Crippen LogP contribution in [0.25, 0.3) is 0 Å². The fraction of sp³-hybridized carbons (Fsp3) is 0.231. The fourth-order valence-corrected chi connectivity index (χ4v) is 2.67. The van der Waals surface area contributed by atoms with Crippen molar-refractivity contribution in [1.82, 2.24) is 9.59 Å². The Bertz CT molecular complexity index is 706. The second-order valence-electron chi connectivity index (χ2n) is 4.15. The monoisotopic (exact) mass is 359 g/mol. The molecule has 1 amide bonds. The average Bonchev–Trinajstić information content (AvgIpc) is 2.96. The maximum Gasteiger partial charge on any atom is 0.352 e. The second kappa shape index (κ2) is 7.53. The van der Waals surface area contributed by atoms with E-state index in [1.807, 2.05) is 6.92 Å². The normalized spacial score (nSPS) is 10.3. The van der Waals surface area contributed by atoms with E-state index in [0.717, 1.165) is 11.5 Å². The van der Waals surface area contributed by atoms with Gasteiger partial charge in [0.2, 0.25) is 0 Å². The molecule has 0 saturated carbocycles. The van der Waals surface area contributed by atoms with Crippen LogP contribution in [0, 0.1) is 0 Å².